The number of phenolic OH excluding ortho intramolecular Hbond substituents is 1. The predicted molar refractivity (Wildman–Crippen MR) is 163 cm³/mol. The second-order valence-electron chi connectivity index (χ2n) is 9.69. The molecule has 1 unspecified atom stereocenters. The van der Waals surface area contributed by atoms with Crippen molar-refractivity contribution in [3.63, 3.8) is 0 Å². The van der Waals surface area contributed by atoms with Crippen molar-refractivity contribution in [2.45, 2.75) is 12.8 Å². The largest absolute Gasteiger partial charge is 0.507 e. The Balaban J connectivity index is 1.55. The Morgan fingerprint density at radius 2 is 1.27 bits per heavy atom. The second-order valence-corrected chi connectivity index (χ2v) is 9.69. The van der Waals surface area contributed by atoms with Crippen LogP contribution < -0.4 is 4.90 Å². The molecule has 0 radical (unpaired) electrons. The number of aromatic nitrogens is 2. The maximum atomic E-state index is 10.5. The third-order valence-electron chi connectivity index (χ3n) is 7.16. The third-order valence-corrected chi connectivity index (χ3v) is 7.16. The van der Waals surface area contributed by atoms with Crippen LogP contribution in [0.5, 0.6) is 5.75 Å². The van der Waals surface area contributed by atoms with Gasteiger partial charge in [0.2, 0.25) is 0 Å². The lowest BCUT2D eigenvalue weighted by Gasteiger charge is -2.26. The summed E-state index contributed by atoms with van der Waals surface area (Å²) in [5.74, 6) is 1.18. The molecule has 194 valence electrons. The molecule has 0 aliphatic heterocycles. The van der Waals surface area contributed by atoms with Crippen molar-refractivity contribution in [1.29, 1.82) is 0 Å². The van der Waals surface area contributed by atoms with Crippen molar-refractivity contribution in [3.8, 4) is 28.3 Å². The van der Waals surface area contributed by atoms with Crippen molar-refractivity contribution in [3.05, 3.63) is 157 Å². The molecule has 0 aliphatic rings. The number of hydrogen-bond donors (Lipinski definition) is 1. The van der Waals surface area contributed by atoms with Gasteiger partial charge in [-0.2, -0.15) is 0 Å². The van der Waals surface area contributed by atoms with Crippen LogP contribution in [0.3, 0.4) is 0 Å². The highest BCUT2D eigenvalue weighted by molar-refractivity contribution is 5.80. The monoisotopic (exact) mass is 519 g/mol. The first kappa shape index (κ1) is 25.1. The van der Waals surface area contributed by atoms with E-state index < -0.39 is 0 Å². The summed E-state index contributed by atoms with van der Waals surface area (Å²) in [7, 11) is 0. The topological polar surface area (TPSA) is 49.2 Å². The molecule has 4 aromatic carbocycles. The van der Waals surface area contributed by atoms with Crippen LogP contribution in [0.15, 0.2) is 146 Å². The smallest absolute Gasteiger partial charge is 0.137 e. The zero-order valence-electron chi connectivity index (χ0n) is 22.2. The van der Waals surface area contributed by atoms with Gasteiger partial charge in [0.1, 0.15) is 11.6 Å². The maximum absolute atomic E-state index is 10.5. The van der Waals surface area contributed by atoms with E-state index in [1.54, 1.807) is 6.07 Å². The molecule has 1 atom stereocenters. The quantitative estimate of drug-likeness (QED) is 0.228. The minimum Gasteiger partial charge on any atom is -0.507 e. The maximum Gasteiger partial charge on any atom is 0.137 e. The fourth-order valence-electron chi connectivity index (χ4n) is 5.11. The Kier molecular flexibility index (Phi) is 7.06. The third kappa shape index (κ3) is 5.07. The number of pyridine rings is 2. The number of anilines is 3. The molecular formula is C36H29N3O. The van der Waals surface area contributed by atoms with E-state index >= 15 is 0 Å². The van der Waals surface area contributed by atoms with Crippen LogP contribution in [0, 0.1) is 0 Å². The van der Waals surface area contributed by atoms with Crippen molar-refractivity contribution in [2.75, 3.05) is 4.90 Å². The van der Waals surface area contributed by atoms with E-state index in [-0.39, 0.29) is 11.7 Å². The van der Waals surface area contributed by atoms with Crippen LogP contribution in [0.25, 0.3) is 22.5 Å². The zero-order chi connectivity index (χ0) is 27.3. The van der Waals surface area contributed by atoms with Crippen molar-refractivity contribution in [2.24, 2.45) is 0 Å². The number of benzene rings is 4. The van der Waals surface area contributed by atoms with E-state index in [0.717, 1.165) is 34.1 Å². The van der Waals surface area contributed by atoms with Gasteiger partial charge in [-0.1, -0.05) is 85.8 Å². The van der Waals surface area contributed by atoms with Gasteiger partial charge in [-0.05, 0) is 71.8 Å². The number of phenols is 1. The summed E-state index contributed by atoms with van der Waals surface area (Å²) < 4.78 is 0. The second kappa shape index (κ2) is 11.3. The summed E-state index contributed by atoms with van der Waals surface area (Å²) in [6.07, 6.45) is 1.81. The number of rotatable bonds is 7. The van der Waals surface area contributed by atoms with Gasteiger partial charge in [0, 0.05) is 34.6 Å². The lowest BCUT2D eigenvalue weighted by Crippen LogP contribution is -2.12. The minimum atomic E-state index is 0.140. The number of aromatic hydroxyl groups is 1. The summed E-state index contributed by atoms with van der Waals surface area (Å²) in [6.45, 7) is 2.23. The summed E-state index contributed by atoms with van der Waals surface area (Å²) in [4.78, 5) is 11.9. The first-order chi connectivity index (χ1) is 19.7. The fourth-order valence-corrected chi connectivity index (χ4v) is 5.11. The van der Waals surface area contributed by atoms with Crippen LogP contribution in [0.1, 0.15) is 24.0 Å². The highest BCUT2D eigenvalue weighted by Gasteiger charge is 2.20. The summed E-state index contributed by atoms with van der Waals surface area (Å²) in [5.41, 5.74) is 7.72. The van der Waals surface area contributed by atoms with E-state index in [1.807, 2.05) is 85.1 Å². The molecule has 0 amide bonds. The molecule has 2 heterocycles. The Hall–Kier alpha value is -5.22. The van der Waals surface area contributed by atoms with Crippen LogP contribution in [-0.2, 0) is 0 Å². The average molecular weight is 520 g/mol. The van der Waals surface area contributed by atoms with Crippen molar-refractivity contribution >= 4 is 17.2 Å². The molecular weight excluding hydrogens is 490 g/mol. The van der Waals surface area contributed by atoms with Gasteiger partial charge in [0.25, 0.3) is 0 Å². The molecule has 1 N–H and O–H groups in total. The Morgan fingerprint density at radius 1 is 0.600 bits per heavy atom. The minimum absolute atomic E-state index is 0.140. The van der Waals surface area contributed by atoms with Gasteiger partial charge >= 0.3 is 0 Å². The Bertz CT molecular complexity index is 1680. The SMILES string of the molecule is CC(c1ccccc1)c1ccc(N(c2ccccc2)c2ccccn2)cc1-c1cccc(-c2ccccc2O)n1. The molecule has 6 rings (SSSR count). The summed E-state index contributed by atoms with van der Waals surface area (Å²) >= 11 is 0. The summed E-state index contributed by atoms with van der Waals surface area (Å²) in [6, 6.07) is 46.6. The number of para-hydroxylation sites is 2. The Morgan fingerprint density at radius 3 is 2.00 bits per heavy atom. The molecule has 0 saturated carbocycles. The molecule has 0 spiro atoms. The molecule has 6 aromatic rings. The molecule has 4 nitrogen and oxygen atoms in total. The first-order valence-electron chi connectivity index (χ1n) is 13.4. The molecule has 0 bridgehead atoms. The average Bonchev–Trinajstić information content (AvgIpc) is 3.03. The van der Waals surface area contributed by atoms with E-state index in [9.17, 15) is 5.11 Å². The molecule has 4 heteroatoms. The number of nitrogens with zero attached hydrogens (tertiary/aromatic N) is 3. The highest BCUT2D eigenvalue weighted by atomic mass is 16.3. The highest BCUT2D eigenvalue weighted by Crippen LogP contribution is 2.40. The van der Waals surface area contributed by atoms with Crippen LogP contribution in [0.4, 0.5) is 17.2 Å². The van der Waals surface area contributed by atoms with Crippen LogP contribution in [-0.4, -0.2) is 15.1 Å². The molecule has 40 heavy (non-hydrogen) atoms. The van der Waals surface area contributed by atoms with Gasteiger partial charge in [-0.15, -0.1) is 0 Å². The van der Waals surface area contributed by atoms with Gasteiger partial charge in [0.15, 0.2) is 0 Å². The van der Waals surface area contributed by atoms with E-state index in [2.05, 4.69) is 71.4 Å². The Labute approximate surface area is 234 Å². The van der Waals surface area contributed by atoms with E-state index in [1.165, 1.54) is 11.1 Å². The lowest BCUT2D eigenvalue weighted by molar-refractivity contribution is 0.477. The van der Waals surface area contributed by atoms with E-state index in [0.29, 0.717) is 5.56 Å². The lowest BCUT2D eigenvalue weighted by atomic mass is 9.88. The fraction of sp³-hybridized carbons (Fsp3) is 0.0556. The van der Waals surface area contributed by atoms with Gasteiger partial charge in [0.05, 0.1) is 11.4 Å². The molecule has 2 aromatic heterocycles. The van der Waals surface area contributed by atoms with Gasteiger partial charge < -0.3 is 5.11 Å². The zero-order valence-corrected chi connectivity index (χ0v) is 22.2. The predicted octanol–water partition coefficient (Wildman–Crippen LogP) is 9.14. The van der Waals surface area contributed by atoms with Crippen LogP contribution in [0.2, 0.25) is 0 Å². The van der Waals surface area contributed by atoms with Gasteiger partial charge in [-0.3, -0.25) is 4.90 Å². The molecule has 0 saturated heterocycles. The van der Waals surface area contributed by atoms with Crippen molar-refractivity contribution < 1.29 is 5.11 Å². The standard InChI is InChI=1S/C36H29N3O/c1-26(27-13-4-2-5-14-27)30-23-22-29(39(28-15-6-3-7-16-28)36-21-10-11-24-37-36)25-32(30)34-19-12-18-33(38-34)31-17-8-9-20-35(31)40/h2-26,40H,1H3. The normalized spacial score (nSPS) is 11.6. The van der Waals surface area contributed by atoms with Crippen LogP contribution >= 0.6 is 0 Å². The van der Waals surface area contributed by atoms with Gasteiger partial charge in [-0.25, -0.2) is 9.97 Å². The van der Waals surface area contributed by atoms with Crippen molar-refractivity contribution in [1.82, 2.24) is 9.97 Å². The molecule has 0 aliphatic carbocycles. The summed E-state index contributed by atoms with van der Waals surface area (Å²) in [5, 5.41) is 10.5. The first-order valence-corrected chi connectivity index (χ1v) is 13.4. The molecule has 0 fully saturated rings. The number of hydrogen-bond acceptors (Lipinski definition) is 4. The van der Waals surface area contributed by atoms with E-state index in [4.69, 9.17) is 4.98 Å².